The van der Waals surface area contributed by atoms with Gasteiger partial charge in [0.1, 0.15) is 6.61 Å². The first-order valence-corrected chi connectivity index (χ1v) is 24.2. The van der Waals surface area contributed by atoms with Gasteiger partial charge < -0.3 is 14.4 Å². The smallest absolute Gasteiger partial charge is 0.462 e. The molecule has 0 aromatic heterocycles. The molecule has 2 atom stereocenters. The molecule has 0 fully saturated rings. The van der Waals surface area contributed by atoms with Gasteiger partial charge in [0.2, 0.25) is 0 Å². The maximum absolute atomic E-state index is 12.6. The van der Waals surface area contributed by atoms with Gasteiger partial charge in [-0.2, -0.15) is 0 Å². The van der Waals surface area contributed by atoms with Crippen LogP contribution in [-0.4, -0.2) is 42.8 Å². The van der Waals surface area contributed by atoms with E-state index in [4.69, 9.17) is 18.5 Å². The van der Waals surface area contributed by atoms with E-state index in [1.165, 1.54) is 57.8 Å². The van der Waals surface area contributed by atoms with Crippen molar-refractivity contribution < 1.29 is 37.6 Å². The topological polar surface area (TPSA) is 108 Å². The fourth-order valence-corrected chi connectivity index (χ4v) is 6.69. The predicted octanol–water partition coefficient (Wildman–Crippen LogP) is 14.5. The Kier molecular flexibility index (Phi) is 41.2. The molecule has 0 aliphatic carbocycles. The van der Waals surface area contributed by atoms with E-state index in [2.05, 4.69) is 86.8 Å². The van der Waals surface area contributed by atoms with Crippen molar-refractivity contribution in [2.24, 2.45) is 0 Å². The first-order valence-electron chi connectivity index (χ1n) is 22.7. The molecule has 0 aromatic carbocycles. The van der Waals surface area contributed by atoms with Crippen molar-refractivity contribution in [1.29, 1.82) is 0 Å². The molecule has 0 bridgehead atoms. The Morgan fingerprint density at radius 2 is 0.895 bits per heavy atom. The minimum atomic E-state index is -4.29. The van der Waals surface area contributed by atoms with Crippen LogP contribution >= 0.6 is 7.82 Å². The molecule has 0 aliphatic rings. The number of hydrogen-bond donors (Lipinski definition) is 1. The lowest BCUT2D eigenvalue weighted by molar-refractivity contribution is -0.161. The van der Waals surface area contributed by atoms with Gasteiger partial charge in [-0.05, 0) is 84.0 Å². The van der Waals surface area contributed by atoms with E-state index in [1.54, 1.807) is 6.92 Å². The van der Waals surface area contributed by atoms with Gasteiger partial charge in [0, 0.05) is 12.8 Å². The third kappa shape index (κ3) is 42.9. The zero-order valence-corrected chi connectivity index (χ0v) is 37.4. The number of hydrogen-bond acceptors (Lipinski definition) is 7. The van der Waals surface area contributed by atoms with Gasteiger partial charge in [-0.3, -0.25) is 18.6 Å². The van der Waals surface area contributed by atoms with E-state index in [1.807, 2.05) is 0 Å². The highest BCUT2D eigenvalue weighted by molar-refractivity contribution is 7.47. The standard InChI is InChI=1S/C48H83O8P/c1-4-7-9-11-13-15-17-19-21-22-23-24-25-26-27-28-29-31-33-35-37-39-41-43-48(50)56-46(45-55-57(51,52)54-6-3)44-53-47(49)42-40-38-36-34-32-30-20-18-16-14-12-10-8-5-2/h7,9,12-15,18-21,23-24,46H,4-6,8,10-11,16-17,22,25-45H2,1-3H3,(H,51,52)/b9-7-,14-12-,15-13-,20-18-,21-19-,24-23-. The second kappa shape index (κ2) is 43.1. The highest BCUT2D eigenvalue weighted by Gasteiger charge is 2.25. The maximum Gasteiger partial charge on any atom is 0.472 e. The summed E-state index contributed by atoms with van der Waals surface area (Å²) in [6.07, 6.45) is 53.8. The number of carbonyl (C=O) groups excluding carboxylic acids is 2. The molecule has 0 saturated heterocycles. The quantitative estimate of drug-likeness (QED) is 0.0281. The number of phosphoric ester groups is 1. The van der Waals surface area contributed by atoms with Crippen LogP contribution in [0.3, 0.4) is 0 Å². The Labute approximate surface area is 349 Å². The molecule has 1 N–H and O–H groups in total. The molecule has 0 rings (SSSR count). The van der Waals surface area contributed by atoms with Gasteiger partial charge in [0.25, 0.3) is 0 Å². The van der Waals surface area contributed by atoms with Crippen molar-refractivity contribution in [1.82, 2.24) is 0 Å². The van der Waals surface area contributed by atoms with Crippen LogP contribution in [-0.2, 0) is 32.7 Å². The van der Waals surface area contributed by atoms with E-state index < -0.39 is 26.5 Å². The monoisotopic (exact) mass is 819 g/mol. The number of esters is 2. The van der Waals surface area contributed by atoms with Crippen LogP contribution in [0.15, 0.2) is 72.9 Å². The number of phosphoric acid groups is 1. The SMILES string of the molecule is CC/C=C\C/C=C\C/C=C\C/C=C\CCCCCCCCCCCCC(=O)OC(COC(=O)CCCCCCC/C=C\C/C=C\CCCC)COP(=O)(O)OCC. The maximum atomic E-state index is 12.6. The summed E-state index contributed by atoms with van der Waals surface area (Å²) >= 11 is 0. The number of ether oxygens (including phenoxy) is 2. The summed E-state index contributed by atoms with van der Waals surface area (Å²) in [5.41, 5.74) is 0. The minimum Gasteiger partial charge on any atom is -0.462 e. The van der Waals surface area contributed by atoms with E-state index >= 15 is 0 Å². The third-order valence-corrected chi connectivity index (χ3v) is 10.3. The molecular weight excluding hydrogens is 735 g/mol. The van der Waals surface area contributed by atoms with Crippen molar-refractivity contribution in [2.45, 2.75) is 200 Å². The van der Waals surface area contributed by atoms with Crippen molar-refractivity contribution in [3.63, 3.8) is 0 Å². The molecule has 0 heterocycles. The molecule has 0 saturated carbocycles. The summed E-state index contributed by atoms with van der Waals surface area (Å²) in [5.74, 6) is -0.822. The molecule has 328 valence electrons. The average molecular weight is 819 g/mol. The first kappa shape index (κ1) is 54.5. The Bertz CT molecular complexity index is 1160. The van der Waals surface area contributed by atoms with Gasteiger partial charge in [-0.15, -0.1) is 0 Å². The molecule has 0 amide bonds. The highest BCUT2D eigenvalue weighted by Crippen LogP contribution is 2.43. The molecule has 2 unspecified atom stereocenters. The summed E-state index contributed by atoms with van der Waals surface area (Å²) in [7, 11) is -4.29. The normalized spacial score (nSPS) is 14.0. The van der Waals surface area contributed by atoms with Crippen LogP contribution < -0.4 is 0 Å². The third-order valence-electron chi connectivity index (χ3n) is 9.25. The molecular formula is C48H83O8P. The van der Waals surface area contributed by atoms with Crippen molar-refractivity contribution >= 4 is 19.8 Å². The second-order valence-corrected chi connectivity index (χ2v) is 16.1. The van der Waals surface area contributed by atoms with E-state index in [0.29, 0.717) is 6.42 Å². The van der Waals surface area contributed by atoms with Crippen LogP contribution in [0.4, 0.5) is 0 Å². The Balaban J connectivity index is 4.06. The lowest BCUT2D eigenvalue weighted by Gasteiger charge is -2.19. The fraction of sp³-hybridized carbons (Fsp3) is 0.708. The molecule has 9 heteroatoms. The molecule has 0 aromatic rings. The number of carbonyl (C=O) groups is 2. The van der Waals surface area contributed by atoms with E-state index in [-0.39, 0.29) is 32.0 Å². The van der Waals surface area contributed by atoms with Crippen LogP contribution in [0, 0.1) is 0 Å². The van der Waals surface area contributed by atoms with Gasteiger partial charge in [-0.1, -0.05) is 170 Å². The van der Waals surface area contributed by atoms with Crippen molar-refractivity contribution in [3.05, 3.63) is 72.9 Å². The summed E-state index contributed by atoms with van der Waals surface area (Å²) < 4.78 is 32.7. The number of unbranched alkanes of at least 4 members (excludes halogenated alkanes) is 17. The highest BCUT2D eigenvalue weighted by atomic mass is 31.2. The Morgan fingerprint density at radius 1 is 0.491 bits per heavy atom. The zero-order chi connectivity index (χ0) is 41.8. The lowest BCUT2D eigenvalue weighted by Crippen LogP contribution is -2.29. The van der Waals surface area contributed by atoms with Crippen molar-refractivity contribution in [2.75, 3.05) is 19.8 Å². The summed E-state index contributed by atoms with van der Waals surface area (Å²) in [6, 6.07) is 0. The molecule has 0 radical (unpaired) electrons. The molecule has 0 spiro atoms. The average Bonchev–Trinajstić information content (AvgIpc) is 3.19. The van der Waals surface area contributed by atoms with Gasteiger partial charge in [0.05, 0.1) is 13.2 Å². The lowest BCUT2D eigenvalue weighted by atomic mass is 10.0. The minimum absolute atomic E-state index is 0.00599. The van der Waals surface area contributed by atoms with Gasteiger partial charge >= 0.3 is 19.8 Å². The zero-order valence-electron chi connectivity index (χ0n) is 36.5. The molecule has 0 aliphatic heterocycles. The van der Waals surface area contributed by atoms with Crippen LogP contribution in [0.2, 0.25) is 0 Å². The van der Waals surface area contributed by atoms with Crippen LogP contribution in [0.25, 0.3) is 0 Å². The largest absolute Gasteiger partial charge is 0.472 e. The first-order chi connectivity index (χ1) is 27.8. The molecule has 8 nitrogen and oxygen atoms in total. The van der Waals surface area contributed by atoms with Crippen LogP contribution in [0.5, 0.6) is 0 Å². The number of rotatable bonds is 41. The van der Waals surface area contributed by atoms with Gasteiger partial charge in [0.15, 0.2) is 6.10 Å². The van der Waals surface area contributed by atoms with Crippen molar-refractivity contribution in [3.8, 4) is 0 Å². The van der Waals surface area contributed by atoms with E-state index in [0.717, 1.165) is 96.3 Å². The predicted molar refractivity (Wildman–Crippen MR) is 239 cm³/mol. The summed E-state index contributed by atoms with van der Waals surface area (Å²) in [5, 5.41) is 0. The summed E-state index contributed by atoms with van der Waals surface area (Å²) in [4.78, 5) is 34.8. The Morgan fingerprint density at radius 3 is 1.35 bits per heavy atom. The van der Waals surface area contributed by atoms with E-state index in [9.17, 15) is 19.0 Å². The summed E-state index contributed by atoms with van der Waals surface area (Å²) in [6.45, 7) is 5.30. The second-order valence-electron chi connectivity index (χ2n) is 14.7. The Hall–Kier alpha value is -2.51. The van der Waals surface area contributed by atoms with Gasteiger partial charge in [-0.25, -0.2) is 4.57 Å². The van der Waals surface area contributed by atoms with Crippen LogP contribution in [0.1, 0.15) is 194 Å². The molecule has 57 heavy (non-hydrogen) atoms. The fourth-order valence-electron chi connectivity index (χ4n) is 5.93. The number of allylic oxidation sites excluding steroid dienone is 12.